The number of nitro groups is 1. The van der Waals surface area contributed by atoms with E-state index in [1.54, 1.807) is 6.07 Å². The Morgan fingerprint density at radius 1 is 1.64 bits per heavy atom. The van der Waals surface area contributed by atoms with Gasteiger partial charge in [-0.05, 0) is 6.07 Å². The van der Waals surface area contributed by atoms with Crippen molar-refractivity contribution in [2.75, 3.05) is 6.61 Å². The fourth-order valence-electron chi connectivity index (χ4n) is 0.894. The molecule has 1 aromatic heterocycles. The van der Waals surface area contributed by atoms with Crippen LogP contribution in [0.25, 0.3) is 0 Å². The van der Waals surface area contributed by atoms with Gasteiger partial charge in [0.05, 0.1) is 11.5 Å². The molecule has 0 aliphatic rings. The van der Waals surface area contributed by atoms with Gasteiger partial charge in [0.2, 0.25) is 0 Å². The van der Waals surface area contributed by atoms with E-state index in [0.717, 1.165) is 16.2 Å². The second kappa shape index (κ2) is 4.71. The van der Waals surface area contributed by atoms with Gasteiger partial charge in [-0.1, -0.05) is 11.3 Å². The number of ether oxygens (including phenoxy) is 1. The Morgan fingerprint density at radius 2 is 2.36 bits per heavy atom. The van der Waals surface area contributed by atoms with Crippen LogP contribution < -0.4 is 0 Å². The maximum absolute atomic E-state index is 10.4. The first kappa shape index (κ1) is 10.6. The predicted molar refractivity (Wildman–Crippen MR) is 51.3 cm³/mol. The molecule has 0 aliphatic carbocycles. The number of rotatable bonds is 4. The molecule has 0 aromatic carbocycles. The summed E-state index contributed by atoms with van der Waals surface area (Å²) < 4.78 is 4.71. The zero-order valence-electron chi connectivity index (χ0n) is 7.56. The van der Waals surface area contributed by atoms with Gasteiger partial charge in [-0.15, -0.1) is 0 Å². The summed E-state index contributed by atoms with van der Waals surface area (Å²) in [4.78, 5) is 21.2. The molecule has 1 rings (SSSR count). The van der Waals surface area contributed by atoms with Gasteiger partial charge in [0.15, 0.2) is 0 Å². The fourth-order valence-corrected chi connectivity index (χ4v) is 1.70. The lowest BCUT2D eigenvalue weighted by atomic mass is 10.4. The molecular formula is C8H9NO4S. The van der Waals surface area contributed by atoms with Crippen LogP contribution in [0.2, 0.25) is 0 Å². The molecule has 0 fully saturated rings. The van der Waals surface area contributed by atoms with Crippen LogP contribution in [-0.4, -0.2) is 17.5 Å². The fraction of sp³-hybridized carbons (Fsp3) is 0.375. The maximum atomic E-state index is 10.4. The van der Waals surface area contributed by atoms with E-state index in [4.69, 9.17) is 4.74 Å². The van der Waals surface area contributed by atoms with Crippen LogP contribution in [0.5, 0.6) is 0 Å². The molecule has 0 spiro atoms. The van der Waals surface area contributed by atoms with Gasteiger partial charge in [-0.2, -0.15) is 0 Å². The Labute approximate surface area is 84.5 Å². The number of hydrogen-bond donors (Lipinski definition) is 0. The van der Waals surface area contributed by atoms with Crippen LogP contribution >= 0.6 is 11.3 Å². The van der Waals surface area contributed by atoms with Crippen molar-refractivity contribution in [3.05, 3.63) is 27.1 Å². The normalized spacial score (nSPS) is 9.79. The molecule has 0 N–H and O–H groups in total. The second-order valence-electron chi connectivity index (χ2n) is 2.59. The summed E-state index contributed by atoms with van der Waals surface area (Å²) in [6.07, 6.45) is 0.526. The molecule has 0 bridgehead atoms. The van der Waals surface area contributed by atoms with Crippen molar-refractivity contribution in [1.29, 1.82) is 0 Å². The highest BCUT2D eigenvalue weighted by atomic mass is 32.1. The quantitative estimate of drug-likeness (QED) is 0.436. The molecule has 0 saturated carbocycles. The lowest BCUT2D eigenvalue weighted by molar-refractivity contribution is -0.380. The summed E-state index contributed by atoms with van der Waals surface area (Å²) in [5, 5.41) is 10.4. The molecule has 0 amide bonds. The Morgan fingerprint density at radius 3 is 2.86 bits per heavy atom. The first-order valence-corrected chi connectivity index (χ1v) is 4.77. The number of carbonyl (C=O) groups is 1. The minimum atomic E-state index is -0.431. The first-order valence-electron chi connectivity index (χ1n) is 3.96. The van der Waals surface area contributed by atoms with E-state index in [1.165, 1.54) is 13.0 Å². The smallest absolute Gasteiger partial charge is 0.324 e. The van der Waals surface area contributed by atoms with E-state index >= 15 is 0 Å². The van der Waals surface area contributed by atoms with E-state index in [9.17, 15) is 14.9 Å². The monoisotopic (exact) mass is 215 g/mol. The molecule has 5 nitrogen and oxygen atoms in total. The molecule has 1 aromatic rings. The lowest BCUT2D eigenvalue weighted by Crippen LogP contribution is -2.01. The van der Waals surface area contributed by atoms with E-state index in [-0.39, 0.29) is 17.6 Å². The minimum absolute atomic E-state index is 0.114. The third-order valence-electron chi connectivity index (χ3n) is 1.48. The van der Waals surface area contributed by atoms with Gasteiger partial charge in [0.25, 0.3) is 0 Å². The molecular weight excluding hydrogens is 206 g/mol. The van der Waals surface area contributed by atoms with Crippen molar-refractivity contribution in [1.82, 2.24) is 0 Å². The summed E-state index contributed by atoms with van der Waals surface area (Å²) in [5.74, 6) is -0.337. The Hall–Kier alpha value is -1.43. The van der Waals surface area contributed by atoms with Crippen LogP contribution in [0.4, 0.5) is 5.00 Å². The number of esters is 1. The SMILES string of the molecule is CC(=O)OCCc1ccc([N+](=O)[O-])s1. The Kier molecular flexibility index (Phi) is 3.58. The summed E-state index contributed by atoms with van der Waals surface area (Å²) in [5.41, 5.74) is 0. The summed E-state index contributed by atoms with van der Waals surface area (Å²) >= 11 is 1.10. The molecule has 6 heteroatoms. The number of carbonyl (C=O) groups excluding carboxylic acids is 1. The van der Waals surface area contributed by atoms with Crippen molar-refractivity contribution in [2.45, 2.75) is 13.3 Å². The van der Waals surface area contributed by atoms with Crippen LogP contribution in [0.3, 0.4) is 0 Å². The average Bonchev–Trinajstić information content (AvgIpc) is 2.52. The first-order chi connectivity index (χ1) is 6.59. The van der Waals surface area contributed by atoms with Gasteiger partial charge in [-0.3, -0.25) is 14.9 Å². The van der Waals surface area contributed by atoms with Crippen molar-refractivity contribution in [3.8, 4) is 0 Å². The van der Waals surface area contributed by atoms with Crippen LogP contribution in [0, 0.1) is 10.1 Å². The van der Waals surface area contributed by atoms with Crippen LogP contribution in [0.1, 0.15) is 11.8 Å². The number of thiophene rings is 1. The molecule has 0 saturated heterocycles. The highest BCUT2D eigenvalue weighted by Gasteiger charge is 2.09. The number of hydrogen-bond acceptors (Lipinski definition) is 5. The molecule has 1 heterocycles. The van der Waals surface area contributed by atoms with Crippen molar-refractivity contribution >= 4 is 22.3 Å². The molecule has 0 aliphatic heterocycles. The van der Waals surface area contributed by atoms with Gasteiger partial charge >= 0.3 is 11.0 Å². The second-order valence-corrected chi connectivity index (χ2v) is 3.73. The Balaban J connectivity index is 2.44. The van der Waals surface area contributed by atoms with Crippen LogP contribution in [0.15, 0.2) is 12.1 Å². The van der Waals surface area contributed by atoms with Crippen LogP contribution in [-0.2, 0) is 16.0 Å². The third kappa shape index (κ3) is 3.14. The molecule has 76 valence electrons. The highest BCUT2D eigenvalue weighted by Crippen LogP contribution is 2.24. The van der Waals surface area contributed by atoms with E-state index in [0.29, 0.717) is 6.42 Å². The van der Waals surface area contributed by atoms with Gasteiger partial charge < -0.3 is 4.74 Å². The van der Waals surface area contributed by atoms with E-state index < -0.39 is 4.92 Å². The van der Waals surface area contributed by atoms with Gasteiger partial charge in [0, 0.05) is 24.3 Å². The maximum Gasteiger partial charge on any atom is 0.324 e. The van der Waals surface area contributed by atoms with Crippen molar-refractivity contribution in [2.24, 2.45) is 0 Å². The summed E-state index contributed by atoms with van der Waals surface area (Å²) in [6.45, 7) is 1.60. The van der Waals surface area contributed by atoms with Crippen molar-refractivity contribution < 1.29 is 14.5 Å². The largest absolute Gasteiger partial charge is 0.465 e. The molecule has 14 heavy (non-hydrogen) atoms. The third-order valence-corrected chi connectivity index (χ3v) is 2.58. The standard InChI is InChI=1S/C8H9NO4S/c1-6(10)13-5-4-7-2-3-8(14-7)9(11)12/h2-3H,4-5H2,1H3. The van der Waals surface area contributed by atoms with E-state index in [1.807, 2.05) is 0 Å². The molecule has 0 unspecified atom stereocenters. The number of nitrogens with zero attached hydrogens (tertiary/aromatic N) is 1. The van der Waals surface area contributed by atoms with Gasteiger partial charge in [-0.25, -0.2) is 0 Å². The lowest BCUT2D eigenvalue weighted by Gasteiger charge is -1.97. The minimum Gasteiger partial charge on any atom is -0.465 e. The zero-order chi connectivity index (χ0) is 10.6. The predicted octanol–water partition coefficient (Wildman–Crippen LogP) is 1.76. The van der Waals surface area contributed by atoms with E-state index in [2.05, 4.69) is 0 Å². The molecule has 0 radical (unpaired) electrons. The zero-order valence-corrected chi connectivity index (χ0v) is 8.37. The van der Waals surface area contributed by atoms with Gasteiger partial charge in [0.1, 0.15) is 0 Å². The average molecular weight is 215 g/mol. The molecule has 0 atom stereocenters. The summed E-state index contributed by atoms with van der Waals surface area (Å²) in [6, 6.07) is 3.13. The highest BCUT2D eigenvalue weighted by molar-refractivity contribution is 7.15. The topological polar surface area (TPSA) is 69.4 Å². The van der Waals surface area contributed by atoms with Crippen molar-refractivity contribution in [3.63, 3.8) is 0 Å². The summed E-state index contributed by atoms with van der Waals surface area (Å²) in [7, 11) is 0. The Bertz CT molecular complexity index is 347.